The average Bonchev–Trinajstić information content (AvgIpc) is 3.23. The van der Waals surface area contributed by atoms with Crippen LogP contribution in [-0.2, 0) is 14.8 Å². The largest absolute Gasteiger partial charge is 0.497 e. The molecule has 10 heteroatoms. The quantitative estimate of drug-likeness (QED) is 0.210. The maximum atomic E-state index is 13.7. The van der Waals surface area contributed by atoms with Crippen LogP contribution in [0.4, 0.5) is 5.69 Å². The number of rotatable bonds is 10. The van der Waals surface area contributed by atoms with Crippen molar-refractivity contribution < 1.29 is 22.7 Å². The van der Waals surface area contributed by atoms with Crippen molar-refractivity contribution >= 4 is 27.8 Å². The molecule has 0 unspecified atom stereocenters. The Balaban J connectivity index is 1.60. The predicted octanol–water partition coefficient (Wildman–Crippen LogP) is 5.07. The number of nitrogens with zero attached hydrogens (tertiary/aromatic N) is 3. The molecule has 0 aliphatic rings. The number of sulfonamides is 1. The second kappa shape index (κ2) is 12.3. The van der Waals surface area contributed by atoms with Crippen molar-refractivity contribution in [2.24, 2.45) is 5.10 Å². The highest BCUT2D eigenvalue weighted by atomic mass is 32.2. The maximum absolute atomic E-state index is 13.7. The molecule has 0 saturated carbocycles. The zero-order chi connectivity index (χ0) is 29.7. The number of carbonyl (C=O) groups excluding carboxylic acids is 1. The number of nitrogens with one attached hydrogen (secondary N) is 1. The maximum Gasteiger partial charge on any atom is 0.264 e. The number of benzene rings is 3. The summed E-state index contributed by atoms with van der Waals surface area (Å²) < 4.78 is 41.2. The van der Waals surface area contributed by atoms with E-state index in [0.29, 0.717) is 5.75 Å². The van der Waals surface area contributed by atoms with Crippen LogP contribution in [0.3, 0.4) is 0 Å². The molecule has 0 aliphatic heterocycles. The van der Waals surface area contributed by atoms with E-state index in [4.69, 9.17) is 9.47 Å². The van der Waals surface area contributed by atoms with Gasteiger partial charge in [-0.2, -0.15) is 5.10 Å². The molecule has 0 atom stereocenters. The highest BCUT2D eigenvalue weighted by Crippen LogP contribution is 2.35. The Labute approximate surface area is 241 Å². The smallest absolute Gasteiger partial charge is 0.264 e. The number of hydrazone groups is 1. The van der Waals surface area contributed by atoms with Crippen molar-refractivity contribution in [1.82, 2.24) is 9.99 Å². The Bertz CT molecular complexity index is 1670. The minimum absolute atomic E-state index is 0.0352. The normalized spacial score (nSPS) is 11.5. The Morgan fingerprint density at radius 3 is 2.24 bits per heavy atom. The first-order valence-electron chi connectivity index (χ1n) is 12.9. The summed E-state index contributed by atoms with van der Waals surface area (Å²) in [6, 6.07) is 20.9. The first kappa shape index (κ1) is 29.4. The third kappa shape index (κ3) is 6.44. The standard InChI is InChI=1S/C31H34N4O5S/c1-21-14-22(2)16-26(15-21)35-23(3)17-25(24(35)4)19-32-33-31(36)20-34(41(37,38)28-10-8-7-9-11-28)29-13-12-27(39-5)18-30(29)40-6/h7-19H,20H2,1-6H3,(H,33,36)/b32-19-. The number of methoxy groups -OCH3 is 2. The fraction of sp³-hybridized carbons (Fsp3) is 0.226. The topological polar surface area (TPSA) is 102 Å². The molecule has 4 rings (SSSR count). The third-order valence-electron chi connectivity index (χ3n) is 6.60. The molecule has 1 amide bonds. The SMILES string of the molecule is COc1ccc(N(CC(=O)N/N=C\c2cc(C)n(-c3cc(C)cc(C)c3)c2C)S(=O)(=O)c2ccccc2)c(OC)c1. The van der Waals surface area contributed by atoms with E-state index in [-0.39, 0.29) is 16.3 Å². The molecule has 3 aromatic carbocycles. The molecular weight excluding hydrogens is 540 g/mol. The van der Waals surface area contributed by atoms with Gasteiger partial charge in [0, 0.05) is 28.7 Å². The van der Waals surface area contributed by atoms with Gasteiger partial charge in [0.05, 0.1) is 31.0 Å². The summed E-state index contributed by atoms with van der Waals surface area (Å²) in [7, 11) is -1.21. The number of hydrogen-bond acceptors (Lipinski definition) is 6. The number of aromatic nitrogens is 1. The average molecular weight is 575 g/mol. The van der Waals surface area contributed by atoms with E-state index in [2.05, 4.69) is 47.1 Å². The lowest BCUT2D eigenvalue weighted by molar-refractivity contribution is -0.119. The highest BCUT2D eigenvalue weighted by molar-refractivity contribution is 7.92. The summed E-state index contributed by atoms with van der Waals surface area (Å²) in [5, 5.41) is 4.15. The lowest BCUT2D eigenvalue weighted by Crippen LogP contribution is -2.39. The van der Waals surface area contributed by atoms with Crippen LogP contribution in [0.1, 0.15) is 28.1 Å². The van der Waals surface area contributed by atoms with E-state index >= 15 is 0 Å². The molecule has 0 spiro atoms. The van der Waals surface area contributed by atoms with Crippen LogP contribution in [0.15, 0.2) is 82.8 Å². The van der Waals surface area contributed by atoms with Crippen LogP contribution in [-0.4, -0.2) is 45.9 Å². The fourth-order valence-corrected chi connectivity index (χ4v) is 6.20. The van der Waals surface area contributed by atoms with Gasteiger partial charge in [-0.15, -0.1) is 0 Å². The zero-order valence-corrected chi connectivity index (χ0v) is 24.8. The first-order chi connectivity index (χ1) is 19.5. The molecule has 4 aromatic rings. The molecule has 1 N–H and O–H groups in total. The number of ether oxygens (including phenoxy) is 2. The van der Waals surface area contributed by atoms with Crippen LogP contribution in [0.2, 0.25) is 0 Å². The molecule has 1 aromatic heterocycles. The van der Waals surface area contributed by atoms with Crippen LogP contribution in [0, 0.1) is 27.7 Å². The number of aryl methyl sites for hydroxylation is 3. The van der Waals surface area contributed by atoms with Crippen LogP contribution in [0.5, 0.6) is 11.5 Å². The van der Waals surface area contributed by atoms with Gasteiger partial charge in [-0.25, -0.2) is 13.8 Å². The second-order valence-corrected chi connectivity index (χ2v) is 11.5. The minimum Gasteiger partial charge on any atom is -0.497 e. The summed E-state index contributed by atoms with van der Waals surface area (Å²) in [5.74, 6) is 0.0934. The molecule has 9 nitrogen and oxygen atoms in total. The van der Waals surface area contributed by atoms with Gasteiger partial charge in [0.1, 0.15) is 18.0 Å². The first-order valence-corrected chi connectivity index (χ1v) is 14.4. The van der Waals surface area contributed by atoms with Gasteiger partial charge < -0.3 is 14.0 Å². The van der Waals surface area contributed by atoms with E-state index < -0.39 is 22.5 Å². The van der Waals surface area contributed by atoms with Crippen LogP contribution >= 0.6 is 0 Å². The lowest BCUT2D eigenvalue weighted by atomic mass is 10.1. The number of hydrogen-bond donors (Lipinski definition) is 1. The van der Waals surface area contributed by atoms with Gasteiger partial charge in [-0.1, -0.05) is 24.3 Å². The molecular formula is C31H34N4O5S. The van der Waals surface area contributed by atoms with Gasteiger partial charge in [0.15, 0.2) is 0 Å². The van der Waals surface area contributed by atoms with Crippen LogP contribution < -0.4 is 19.2 Å². The number of amides is 1. The molecule has 0 radical (unpaired) electrons. The zero-order valence-electron chi connectivity index (χ0n) is 24.0. The molecule has 0 bridgehead atoms. The predicted molar refractivity (Wildman–Crippen MR) is 161 cm³/mol. The van der Waals surface area contributed by atoms with Gasteiger partial charge in [0.2, 0.25) is 0 Å². The van der Waals surface area contributed by atoms with E-state index in [1.54, 1.807) is 36.5 Å². The van der Waals surface area contributed by atoms with Crippen LogP contribution in [0.25, 0.3) is 5.69 Å². The van der Waals surface area contributed by atoms with Crippen molar-refractivity contribution in [2.45, 2.75) is 32.6 Å². The third-order valence-corrected chi connectivity index (χ3v) is 8.38. The van der Waals surface area contributed by atoms with E-state index in [1.807, 2.05) is 19.9 Å². The Hall–Kier alpha value is -4.57. The van der Waals surface area contributed by atoms with Crippen molar-refractivity contribution in [3.05, 3.63) is 101 Å². The second-order valence-electron chi connectivity index (χ2n) is 9.66. The van der Waals surface area contributed by atoms with E-state index in [0.717, 1.165) is 26.9 Å². The lowest BCUT2D eigenvalue weighted by Gasteiger charge is -2.25. The Morgan fingerprint density at radius 1 is 0.927 bits per heavy atom. The van der Waals surface area contributed by atoms with E-state index in [1.165, 1.54) is 43.5 Å². The Morgan fingerprint density at radius 2 is 1.61 bits per heavy atom. The summed E-state index contributed by atoms with van der Waals surface area (Å²) in [4.78, 5) is 13.1. The molecule has 0 fully saturated rings. The van der Waals surface area contributed by atoms with Gasteiger partial charge in [-0.05, 0) is 81.3 Å². The van der Waals surface area contributed by atoms with Gasteiger partial charge >= 0.3 is 0 Å². The van der Waals surface area contributed by atoms with Crippen molar-refractivity contribution in [3.8, 4) is 17.2 Å². The van der Waals surface area contributed by atoms with Gasteiger partial charge in [0.25, 0.3) is 15.9 Å². The summed E-state index contributed by atoms with van der Waals surface area (Å²) >= 11 is 0. The Kier molecular flexibility index (Phi) is 8.83. The van der Waals surface area contributed by atoms with Crippen molar-refractivity contribution in [2.75, 3.05) is 25.1 Å². The number of carbonyl (C=O) groups is 1. The fourth-order valence-electron chi connectivity index (χ4n) is 4.75. The minimum atomic E-state index is -4.13. The molecule has 0 saturated heterocycles. The van der Waals surface area contributed by atoms with Crippen molar-refractivity contribution in [3.63, 3.8) is 0 Å². The van der Waals surface area contributed by atoms with Crippen molar-refractivity contribution in [1.29, 1.82) is 0 Å². The molecule has 0 aliphatic carbocycles. The monoisotopic (exact) mass is 574 g/mol. The summed E-state index contributed by atoms with van der Waals surface area (Å²) in [6.07, 6.45) is 1.56. The summed E-state index contributed by atoms with van der Waals surface area (Å²) in [5.41, 5.74) is 8.86. The molecule has 41 heavy (non-hydrogen) atoms. The van der Waals surface area contributed by atoms with E-state index in [9.17, 15) is 13.2 Å². The molecule has 1 heterocycles. The molecule has 214 valence electrons. The van der Waals surface area contributed by atoms with Gasteiger partial charge in [-0.3, -0.25) is 9.10 Å². The summed E-state index contributed by atoms with van der Waals surface area (Å²) in [6.45, 7) is 7.59. The highest BCUT2D eigenvalue weighted by Gasteiger charge is 2.29. The number of anilines is 1.